The number of unbranched alkanes of at least 4 members (excludes halogenated alkanes) is 3. The van der Waals surface area contributed by atoms with Crippen molar-refractivity contribution >= 4 is 17.5 Å². The van der Waals surface area contributed by atoms with E-state index in [0.29, 0.717) is 19.4 Å². The first-order valence-corrected chi connectivity index (χ1v) is 13.0. The lowest BCUT2D eigenvalue weighted by atomic mass is 9.93. The zero-order chi connectivity index (χ0) is 25.6. The number of rotatable bonds is 13. The summed E-state index contributed by atoms with van der Waals surface area (Å²) in [6.07, 6.45) is 7.52. The summed E-state index contributed by atoms with van der Waals surface area (Å²) in [5.74, 6) is -1.37. The lowest BCUT2D eigenvalue weighted by Gasteiger charge is -2.23. The van der Waals surface area contributed by atoms with Crippen molar-refractivity contribution in [2.24, 2.45) is 5.92 Å². The van der Waals surface area contributed by atoms with Gasteiger partial charge in [-0.2, -0.15) is 0 Å². The van der Waals surface area contributed by atoms with Gasteiger partial charge in [0.25, 0.3) is 0 Å². The Morgan fingerprint density at radius 2 is 1.31 bits per heavy atom. The summed E-state index contributed by atoms with van der Waals surface area (Å²) in [7, 11) is 1.74. The van der Waals surface area contributed by atoms with Gasteiger partial charge in [-0.3, -0.25) is 9.59 Å². The largest absolute Gasteiger partial charge is 0.355 e. The van der Waals surface area contributed by atoms with E-state index in [2.05, 4.69) is 36.5 Å². The first kappa shape index (κ1) is 26.9. The van der Waals surface area contributed by atoms with Crippen LogP contribution in [0.2, 0.25) is 0 Å². The zero-order valence-corrected chi connectivity index (χ0v) is 21.5. The molecule has 1 atom stereocenters. The van der Waals surface area contributed by atoms with Crippen LogP contribution in [0.1, 0.15) is 43.7 Å². The predicted octanol–water partition coefficient (Wildman–Crippen LogP) is 6.37. The molecule has 0 aliphatic heterocycles. The quantitative estimate of drug-likeness (QED) is 0.175. The van der Waals surface area contributed by atoms with Gasteiger partial charge in [0.1, 0.15) is 5.92 Å². The molecule has 0 aliphatic carbocycles. The Morgan fingerprint density at radius 3 is 1.83 bits per heavy atom. The highest BCUT2D eigenvalue weighted by molar-refractivity contribution is 6.09. The topological polar surface area (TPSA) is 49.4 Å². The Bertz CT molecular complexity index is 1050. The van der Waals surface area contributed by atoms with Gasteiger partial charge in [-0.05, 0) is 42.5 Å². The van der Waals surface area contributed by atoms with E-state index in [9.17, 15) is 9.59 Å². The second-order valence-electron chi connectivity index (χ2n) is 9.21. The fourth-order valence-electron chi connectivity index (χ4n) is 4.25. The molecule has 1 unspecified atom stereocenters. The summed E-state index contributed by atoms with van der Waals surface area (Å²) >= 11 is 0. The van der Waals surface area contributed by atoms with Crippen molar-refractivity contribution < 1.29 is 9.59 Å². The molecule has 1 N–H and O–H groups in total. The van der Waals surface area contributed by atoms with Crippen LogP contribution >= 0.6 is 0 Å². The number of benzene rings is 3. The van der Waals surface area contributed by atoms with E-state index in [1.807, 2.05) is 72.8 Å². The van der Waals surface area contributed by atoms with Crippen molar-refractivity contribution in [3.05, 3.63) is 114 Å². The molecule has 0 aromatic heterocycles. The van der Waals surface area contributed by atoms with Crippen LogP contribution in [0, 0.1) is 5.92 Å². The Labute approximate surface area is 216 Å². The number of nitrogens with zero attached hydrogens (tertiary/aromatic N) is 1. The van der Waals surface area contributed by atoms with Crippen LogP contribution in [0.3, 0.4) is 0 Å². The first-order valence-electron chi connectivity index (χ1n) is 13.0. The molecule has 2 amide bonds. The highest BCUT2D eigenvalue weighted by Gasteiger charge is 2.28. The van der Waals surface area contributed by atoms with Crippen molar-refractivity contribution in [2.45, 2.75) is 45.4 Å². The van der Waals surface area contributed by atoms with Gasteiger partial charge >= 0.3 is 0 Å². The molecule has 0 saturated heterocycles. The van der Waals surface area contributed by atoms with E-state index >= 15 is 0 Å². The lowest BCUT2D eigenvalue weighted by Crippen LogP contribution is -2.42. The minimum Gasteiger partial charge on any atom is -0.355 e. The summed E-state index contributed by atoms with van der Waals surface area (Å²) in [5, 5.41) is 3.03. The molecule has 36 heavy (non-hydrogen) atoms. The molecule has 3 aromatic rings. The zero-order valence-electron chi connectivity index (χ0n) is 21.5. The highest BCUT2D eigenvalue weighted by atomic mass is 16.2. The van der Waals surface area contributed by atoms with Crippen LogP contribution in [-0.2, 0) is 22.4 Å². The summed E-state index contributed by atoms with van der Waals surface area (Å²) < 4.78 is 0. The molecule has 3 rings (SSSR count). The van der Waals surface area contributed by atoms with Crippen molar-refractivity contribution in [1.29, 1.82) is 0 Å². The van der Waals surface area contributed by atoms with E-state index in [0.717, 1.165) is 48.1 Å². The lowest BCUT2D eigenvalue weighted by molar-refractivity contribution is -0.131. The maximum atomic E-state index is 13.7. The minimum atomic E-state index is -0.899. The highest BCUT2D eigenvalue weighted by Crippen LogP contribution is 2.20. The molecule has 0 spiro atoms. The molecule has 4 heteroatoms. The number of hydrogen-bond donors (Lipinski definition) is 1. The number of allylic oxidation sites excluding steroid dienone is 1. The molecular formula is C32H38N2O2. The van der Waals surface area contributed by atoms with Crippen LogP contribution in [0.4, 0.5) is 5.69 Å². The van der Waals surface area contributed by atoms with Crippen LogP contribution in [0.5, 0.6) is 0 Å². The number of amides is 2. The second-order valence-corrected chi connectivity index (χ2v) is 9.21. The Morgan fingerprint density at radius 1 is 0.778 bits per heavy atom. The van der Waals surface area contributed by atoms with E-state index in [-0.39, 0.29) is 11.8 Å². The van der Waals surface area contributed by atoms with Crippen LogP contribution in [0.15, 0.2) is 103 Å². The molecule has 188 valence electrons. The van der Waals surface area contributed by atoms with Gasteiger partial charge in [-0.1, -0.05) is 117 Å². The normalized spacial score (nSPS) is 11.4. The Hall–Kier alpha value is -3.66. The minimum absolute atomic E-state index is 0.231. The van der Waals surface area contributed by atoms with Gasteiger partial charge in [0, 0.05) is 19.3 Å². The first-order chi connectivity index (χ1) is 17.6. The van der Waals surface area contributed by atoms with Crippen molar-refractivity contribution in [3.63, 3.8) is 0 Å². The average Bonchev–Trinajstić information content (AvgIpc) is 2.92. The molecule has 0 aliphatic rings. The van der Waals surface area contributed by atoms with Gasteiger partial charge in [0.15, 0.2) is 0 Å². The molecule has 0 saturated carbocycles. The average molecular weight is 483 g/mol. The second kappa shape index (κ2) is 14.7. The monoisotopic (exact) mass is 482 g/mol. The maximum Gasteiger partial charge on any atom is 0.243 e. The SMILES string of the molecule is CCCCCCNC(=O)C(C=C(Cc1ccccc1)Cc1ccccc1)C(=O)N(C)c1ccccc1. The summed E-state index contributed by atoms with van der Waals surface area (Å²) in [6, 6.07) is 29.9. The van der Waals surface area contributed by atoms with Gasteiger partial charge in [-0.15, -0.1) is 0 Å². The fraction of sp³-hybridized carbons (Fsp3) is 0.312. The fourth-order valence-corrected chi connectivity index (χ4v) is 4.25. The van der Waals surface area contributed by atoms with Crippen molar-refractivity contribution in [1.82, 2.24) is 5.32 Å². The summed E-state index contributed by atoms with van der Waals surface area (Å²) in [6.45, 7) is 2.75. The molecule has 0 fully saturated rings. The molecule has 4 nitrogen and oxygen atoms in total. The number of hydrogen-bond acceptors (Lipinski definition) is 2. The number of carbonyl (C=O) groups is 2. The third kappa shape index (κ3) is 8.53. The van der Waals surface area contributed by atoms with Crippen molar-refractivity contribution in [2.75, 3.05) is 18.5 Å². The number of para-hydroxylation sites is 1. The Kier molecular flexibility index (Phi) is 11.0. The standard InChI is InChI=1S/C32H38N2O2/c1-3-4-5-15-22-33-31(35)30(32(36)34(2)29-20-13-8-14-21-29)25-28(23-26-16-9-6-10-17-26)24-27-18-11-7-12-19-27/h6-14,16-21,25,30H,3-5,15,22-24H2,1-2H3,(H,33,35). The van der Waals surface area contributed by atoms with Crippen LogP contribution in [0.25, 0.3) is 0 Å². The third-order valence-corrected chi connectivity index (χ3v) is 6.30. The van der Waals surface area contributed by atoms with E-state index in [1.54, 1.807) is 11.9 Å². The predicted molar refractivity (Wildman–Crippen MR) is 149 cm³/mol. The Balaban J connectivity index is 1.90. The van der Waals surface area contributed by atoms with E-state index < -0.39 is 5.92 Å². The van der Waals surface area contributed by atoms with Crippen LogP contribution in [-0.4, -0.2) is 25.4 Å². The molecule has 0 radical (unpaired) electrons. The maximum absolute atomic E-state index is 13.7. The summed E-state index contributed by atoms with van der Waals surface area (Å²) in [4.78, 5) is 28.7. The molecule has 3 aromatic carbocycles. The van der Waals surface area contributed by atoms with Gasteiger partial charge < -0.3 is 10.2 Å². The van der Waals surface area contributed by atoms with Crippen LogP contribution < -0.4 is 10.2 Å². The molecule has 0 heterocycles. The van der Waals surface area contributed by atoms with Gasteiger partial charge in [0.2, 0.25) is 11.8 Å². The van der Waals surface area contributed by atoms with E-state index in [1.165, 1.54) is 0 Å². The van der Waals surface area contributed by atoms with Crippen molar-refractivity contribution in [3.8, 4) is 0 Å². The third-order valence-electron chi connectivity index (χ3n) is 6.30. The number of carbonyl (C=O) groups excluding carboxylic acids is 2. The molecule has 0 bridgehead atoms. The smallest absolute Gasteiger partial charge is 0.243 e. The van der Waals surface area contributed by atoms with E-state index in [4.69, 9.17) is 0 Å². The van der Waals surface area contributed by atoms with Gasteiger partial charge in [-0.25, -0.2) is 0 Å². The number of nitrogens with one attached hydrogen (secondary N) is 1. The van der Waals surface area contributed by atoms with Gasteiger partial charge in [0.05, 0.1) is 0 Å². The number of anilines is 1. The molecular weight excluding hydrogens is 444 g/mol. The summed E-state index contributed by atoms with van der Waals surface area (Å²) in [5.41, 5.74) is 4.13.